The Bertz CT molecular complexity index is 1530. The maximum Gasteiger partial charge on any atom is 0.332 e. The molecule has 7 rings (SSSR count). The molecule has 1 fully saturated rings. The lowest BCUT2D eigenvalue weighted by atomic mass is 9.89. The van der Waals surface area contributed by atoms with Gasteiger partial charge >= 0.3 is 6.03 Å². The molecule has 8 nitrogen and oxygen atoms in total. The van der Waals surface area contributed by atoms with Crippen molar-refractivity contribution in [2.75, 3.05) is 25.2 Å². The number of nitrogens with zero attached hydrogens (tertiary/aromatic N) is 2. The van der Waals surface area contributed by atoms with Gasteiger partial charge in [-0.2, -0.15) is 0 Å². The summed E-state index contributed by atoms with van der Waals surface area (Å²) in [4.78, 5) is 34.3. The molecule has 1 aromatic heterocycles. The van der Waals surface area contributed by atoms with E-state index in [9.17, 15) is 9.59 Å². The van der Waals surface area contributed by atoms with Crippen molar-refractivity contribution in [1.29, 1.82) is 0 Å². The molecule has 1 N–H and O–H groups in total. The van der Waals surface area contributed by atoms with Gasteiger partial charge in [-0.3, -0.25) is 9.69 Å². The van der Waals surface area contributed by atoms with Gasteiger partial charge in [0.1, 0.15) is 31.0 Å². The van der Waals surface area contributed by atoms with Gasteiger partial charge < -0.3 is 19.2 Å². The minimum absolute atomic E-state index is 0.244. The smallest absolute Gasteiger partial charge is 0.332 e. The summed E-state index contributed by atoms with van der Waals surface area (Å²) < 4.78 is 16.7. The van der Waals surface area contributed by atoms with Crippen LogP contribution in [0.15, 0.2) is 66.7 Å². The van der Waals surface area contributed by atoms with Gasteiger partial charge in [0.25, 0.3) is 5.91 Å². The van der Waals surface area contributed by atoms with Gasteiger partial charge in [-0.1, -0.05) is 30.3 Å². The SMILES string of the molecule is COc1ccc([C@H]2c3[nH]c4ccccc4c3C[C@H]3C(=O)N(c4ccc5c(c4)OCCO5)C(=O)N23)cc1. The van der Waals surface area contributed by atoms with E-state index in [0.717, 1.165) is 33.5 Å². The number of imide groups is 1. The van der Waals surface area contributed by atoms with Crippen LogP contribution in [-0.2, 0) is 11.2 Å². The number of nitrogens with one attached hydrogen (secondary N) is 1. The number of methoxy groups -OCH3 is 1. The molecule has 3 aromatic carbocycles. The van der Waals surface area contributed by atoms with Gasteiger partial charge in [-0.25, -0.2) is 9.69 Å². The van der Waals surface area contributed by atoms with E-state index in [4.69, 9.17) is 14.2 Å². The molecule has 0 spiro atoms. The van der Waals surface area contributed by atoms with E-state index in [2.05, 4.69) is 11.1 Å². The maximum atomic E-state index is 14.0. The molecule has 3 aliphatic rings. The average molecular weight is 482 g/mol. The molecule has 2 atom stereocenters. The minimum Gasteiger partial charge on any atom is -0.497 e. The van der Waals surface area contributed by atoms with Crippen molar-refractivity contribution >= 4 is 28.5 Å². The number of aromatic nitrogens is 1. The third-order valence-electron chi connectivity index (χ3n) is 7.26. The van der Waals surface area contributed by atoms with Crippen LogP contribution >= 0.6 is 0 Å². The van der Waals surface area contributed by atoms with Crippen LogP contribution in [0.3, 0.4) is 0 Å². The highest BCUT2D eigenvalue weighted by atomic mass is 16.6. The lowest BCUT2D eigenvalue weighted by Gasteiger charge is -2.36. The van der Waals surface area contributed by atoms with Crippen molar-refractivity contribution in [3.8, 4) is 17.2 Å². The summed E-state index contributed by atoms with van der Waals surface area (Å²) >= 11 is 0. The quantitative estimate of drug-likeness (QED) is 0.438. The summed E-state index contributed by atoms with van der Waals surface area (Å²) in [5.74, 6) is 1.63. The molecule has 0 radical (unpaired) electrons. The normalized spacial score (nSPS) is 20.5. The lowest BCUT2D eigenvalue weighted by Crippen LogP contribution is -2.44. The molecule has 0 bridgehead atoms. The van der Waals surface area contributed by atoms with E-state index in [-0.39, 0.29) is 11.9 Å². The number of fused-ring (bicyclic) bond motifs is 5. The number of anilines is 1. The number of H-pyrrole nitrogens is 1. The summed E-state index contributed by atoms with van der Waals surface area (Å²) in [6.45, 7) is 0.896. The molecule has 4 aromatic rings. The number of para-hydroxylation sites is 1. The number of benzene rings is 3. The van der Waals surface area contributed by atoms with Crippen LogP contribution < -0.4 is 19.1 Å². The topological polar surface area (TPSA) is 84.1 Å². The number of hydrogen-bond acceptors (Lipinski definition) is 5. The molecule has 180 valence electrons. The first-order valence-corrected chi connectivity index (χ1v) is 11.9. The third kappa shape index (κ3) is 2.94. The van der Waals surface area contributed by atoms with E-state index in [1.807, 2.05) is 42.5 Å². The predicted octanol–water partition coefficient (Wildman–Crippen LogP) is 4.43. The van der Waals surface area contributed by atoms with Gasteiger partial charge in [0.05, 0.1) is 12.8 Å². The van der Waals surface area contributed by atoms with Crippen LogP contribution in [0.5, 0.6) is 17.2 Å². The van der Waals surface area contributed by atoms with Crippen molar-refractivity contribution < 1.29 is 23.8 Å². The standard InChI is InChI=1S/C28H23N3O5/c1-34-18-9-6-16(7-10-18)26-25-20(19-4-2-3-5-21(19)29-25)15-22-27(32)30(28(33)31(22)26)17-8-11-23-24(14-17)36-13-12-35-23/h2-11,14,22,26,29H,12-13,15H2,1H3/t22-,26-/m0/s1. The molecule has 0 saturated carbocycles. The summed E-state index contributed by atoms with van der Waals surface area (Å²) in [6.07, 6.45) is 0.442. The highest BCUT2D eigenvalue weighted by molar-refractivity contribution is 6.22. The minimum atomic E-state index is -0.621. The van der Waals surface area contributed by atoms with E-state index in [1.54, 1.807) is 30.2 Å². The second-order valence-electron chi connectivity index (χ2n) is 9.15. The molecule has 0 unspecified atom stereocenters. The predicted molar refractivity (Wildman–Crippen MR) is 133 cm³/mol. The van der Waals surface area contributed by atoms with Crippen molar-refractivity contribution in [3.63, 3.8) is 0 Å². The summed E-state index contributed by atoms with van der Waals surface area (Å²) in [5.41, 5.74) is 4.37. The van der Waals surface area contributed by atoms with Crippen LogP contribution in [-0.4, -0.2) is 48.2 Å². The fourth-order valence-corrected chi connectivity index (χ4v) is 5.62. The lowest BCUT2D eigenvalue weighted by molar-refractivity contribution is -0.120. The monoisotopic (exact) mass is 481 g/mol. The van der Waals surface area contributed by atoms with Crippen LogP contribution in [0.1, 0.15) is 22.9 Å². The third-order valence-corrected chi connectivity index (χ3v) is 7.26. The molecule has 4 heterocycles. The van der Waals surface area contributed by atoms with Crippen molar-refractivity contribution in [3.05, 3.63) is 83.6 Å². The number of urea groups is 1. The molecular weight excluding hydrogens is 458 g/mol. The fraction of sp³-hybridized carbons (Fsp3) is 0.214. The Kier molecular flexibility index (Phi) is 4.51. The Morgan fingerprint density at radius 3 is 2.53 bits per heavy atom. The van der Waals surface area contributed by atoms with Crippen molar-refractivity contribution in [1.82, 2.24) is 9.88 Å². The number of carbonyl (C=O) groups excluding carboxylic acids is 2. The second-order valence-corrected chi connectivity index (χ2v) is 9.15. The average Bonchev–Trinajstić information content (AvgIpc) is 3.41. The number of carbonyl (C=O) groups is 2. The molecular formula is C28H23N3O5. The molecule has 3 aliphatic heterocycles. The van der Waals surface area contributed by atoms with Crippen LogP contribution in [0.25, 0.3) is 10.9 Å². The molecule has 36 heavy (non-hydrogen) atoms. The zero-order valence-corrected chi connectivity index (χ0v) is 19.6. The Hall–Kier alpha value is -4.46. The van der Waals surface area contributed by atoms with Gasteiger partial charge in [-0.15, -0.1) is 0 Å². The fourth-order valence-electron chi connectivity index (χ4n) is 5.62. The van der Waals surface area contributed by atoms with E-state index in [1.165, 1.54) is 4.90 Å². The second kappa shape index (κ2) is 7.78. The van der Waals surface area contributed by atoms with E-state index < -0.39 is 12.1 Å². The Morgan fingerprint density at radius 1 is 0.944 bits per heavy atom. The zero-order chi connectivity index (χ0) is 24.4. The number of amides is 3. The summed E-state index contributed by atoms with van der Waals surface area (Å²) in [6, 6.07) is 19.5. The summed E-state index contributed by atoms with van der Waals surface area (Å²) in [7, 11) is 1.62. The highest BCUT2D eigenvalue weighted by Gasteiger charge is 2.53. The van der Waals surface area contributed by atoms with E-state index >= 15 is 0 Å². The Morgan fingerprint density at radius 2 is 1.72 bits per heavy atom. The largest absolute Gasteiger partial charge is 0.497 e. The molecule has 1 saturated heterocycles. The maximum absolute atomic E-state index is 14.0. The van der Waals surface area contributed by atoms with Crippen molar-refractivity contribution in [2.45, 2.75) is 18.5 Å². The first kappa shape index (κ1) is 20.9. The zero-order valence-electron chi connectivity index (χ0n) is 19.6. The highest BCUT2D eigenvalue weighted by Crippen LogP contribution is 2.46. The molecule has 0 aliphatic carbocycles. The number of ether oxygens (including phenoxy) is 3. The van der Waals surface area contributed by atoms with E-state index in [0.29, 0.717) is 36.8 Å². The Balaban J connectivity index is 1.37. The van der Waals surface area contributed by atoms with Gasteiger partial charge in [0, 0.05) is 29.1 Å². The number of aromatic amines is 1. The molecule has 3 amide bonds. The molecule has 8 heteroatoms. The summed E-state index contributed by atoms with van der Waals surface area (Å²) in [5, 5.41) is 1.07. The first-order chi connectivity index (χ1) is 17.6. The van der Waals surface area contributed by atoms with Crippen LogP contribution in [0.2, 0.25) is 0 Å². The van der Waals surface area contributed by atoms with Crippen molar-refractivity contribution in [2.24, 2.45) is 0 Å². The van der Waals surface area contributed by atoms with Gasteiger partial charge in [-0.05, 0) is 41.5 Å². The van der Waals surface area contributed by atoms with Gasteiger partial charge in [0.15, 0.2) is 11.5 Å². The number of hydrogen-bond donors (Lipinski definition) is 1. The van der Waals surface area contributed by atoms with Crippen LogP contribution in [0, 0.1) is 0 Å². The first-order valence-electron chi connectivity index (χ1n) is 11.9. The number of rotatable bonds is 3. The van der Waals surface area contributed by atoms with Gasteiger partial charge in [0.2, 0.25) is 0 Å². The Labute approximate surface area is 207 Å². The van der Waals surface area contributed by atoms with Crippen LogP contribution in [0.4, 0.5) is 10.5 Å².